The predicted octanol–water partition coefficient (Wildman–Crippen LogP) is 3.39. The first-order chi connectivity index (χ1) is 8.71. The number of rotatable bonds is 3. The highest BCUT2D eigenvalue weighted by molar-refractivity contribution is 5.76. The van der Waals surface area contributed by atoms with Gasteiger partial charge in [-0.15, -0.1) is 0 Å². The van der Waals surface area contributed by atoms with E-state index in [4.69, 9.17) is 5.73 Å². The minimum Gasteiger partial charge on any atom is -0.342 e. The van der Waals surface area contributed by atoms with Gasteiger partial charge in [-0.2, -0.15) is 0 Å². The molecule has 19 heavy (non-hydrogen) atoms. The number of hydrogen-bond acceptors (Lipinski definition) is 2. The Kier molecular flexibility index (Phi) is 3.43. The van der Waals surface area contributed by atoms with E-state index in [1.807, 2.05) is 0 Å². The molecule has 3 N–H and O–H groups in total. The van der Waals surface area contributed by atoms with E-state index < -0.39 is 0 Å². The Hall–Kier alpha value is -1.35. The SMILES string of the molecule is CC(C)(CN)Cc1ccc2nc(C(C)(C)C)[nH]c2c1. The van der Waals surface area contributed by atoms with Gasteiger partial charge in [0, 0.05) is 5.41 Å². The molecule has 1 heterocycles. The van der Waals surface area contributed by atoms with Gasteiger partial charge in [-0.1, -0.05) is 40.7 Å². The molecule has 0 unspecified atom stereocenters. The lowest BCUT2D eigenvalue weighted by Crippen LogP contribution is -2.25. The first-order valence-electron chi connectivity index (χ1n) is 6.90. The molecule has 2 rings (SSSR count). The van der Waals surface area contributed by atoms with Crippen molar-refractivity contribution < 1.29 is 0 Å². The fourth-order valence-electron chi connectivity index (χ4n) is 2.15. The van der Waals surface area contributed by atoms with E-state index in [1.165, 1.54) is 5.56 Å². The van der Waals surface area contributed by atoms with Gasteiger partial charge in [-0.25, -0.2) is 4.98 Å². The lowest BCUT2D eigenvalue weighted by atomic mass is 9.86. The van der Waals surface area contributed by atoms with Crippen molar-refractivity contribution in [2.24, 2.45) is 11.1 Å². The highest BCUT2D eigenvalue weighted by atomic mass is 14.9. The number of hydrogen-bond donors (Lipinski definition) is 2. The Labute approximate surface area is 115 Å². The van der Waals surface area contributed by atoms with Crippen LogP contribution in [0.1, 0.15) is 46.0 Å². The molecule has 2 aromatic rings. The second kappa shape index (κ2) is 4.64. The number of fused-ring (bicyclic) bond motifs is 1. The molecular formula is C16H25N3. The average Bonchev–Trinajstić information content (AvgIpc) is 2.71. The van der Waals surface area contributed by atoms with Crippen molar-refractivity contribution in [1.29, 1.82) is 0 Å². The van der Waals surface area contributed by atoms with Crippen molar-refractivity contribution >= 4 is 11.0 Å². The molecule has 0 spiro atoms. The number of imidazole rings is 1. The predicted molar refractivity (Wildman–Crippen MR) is 81.3 cm³/mol. The van der Waals surface area contributed by atoms with Gasteiger partial charge in [0.25, 0.3) is 0 Å². The number of aromatic amines is 1. The Morgan fingerprint density at radius 1 is 1.16 bits per heavy atom. The summed E-state index contributed by atoms with van der Waals surface area (Å²) < 4.78 is 0. The average molecular weight is 259 g/mol. The Morgan fingerprint density at radius 3 is 2.42 bits per heavy atom. The van der Waals surface area contributed by atoms with E-state index >= 15 is 0 Å². The third kappa shape index (κ3) is 3.16. The molecule has 0 fully saturated rings. The van der Waals surface area contributed by atoms with E-state index in [-0.39, 0.29) is 10.8 Å². The number of benzene rings is 1. The molecule has 1 aromatic heterocycles. The molecule has 0 aliphatic rings. The summed E-state index contributed by atoms with van der Waals surface area (Å²) in [4.78, 5) is 8.10. The summed E-state index contributed by atoms with van der Waals surface area (Å²) in [5.41, 5.74) is 9.47. The Balaban J connectivity index is 2.36. The smallest absolute Gasteiger partial charge is 0.112 e. The summed E-state index contributed by atoms with van der Waals surface area (Å²) in [6, 6.07) is 6.46. The maximum Gasteiger partial charge on any atom is 0.112 e. The molecule has 0 atom stereocenters. The number of aromatic nitrogens is 2. The van der Waals surface area contributed by atoms with Crippen LogP contribution in [0.4, 0.5) is 0 Å². The number of H-pyrrole nitrogens is 1. The molecule has 3 heteroatoms. The highest BCUT2D eigenvalue weighted by Crippen LogP contribution is 2.25. The minimum absolute atomic E-state index is 0.0513. The van der Waals surface area contributed by atoms with Crippen LogP contribution in [-0.4, -0.2) is 16.5 Å². The lowest BCUT2D eigenvalue weighted by Gasteiger charge is -2.22. The van der Waals surface area contributed by atoms with Gasteiger partial charge in [0.1, 0.15) is 5.82 Å². The van der Waals surface area contributed by atoms with Gasteiger partial charge in [-0.05, 0) is 36.1 Å². The highest BCUT2D eigenvalue weighted by Gasteiger charge is 2.19. The van der Waals surface area contributed by atoms with Crippen LogP contribution >= 0.6 is 0 Å². The van der Waals surface area contributed by atoms with Crippen LogP contribution in [0.2, 0.25) is 0 Å². The Bertz CT molecular complexity index is 573. The van der Waals surface area contributed by atoms with Crippen LogP contribution in [0, 0.1) is 5.41 Å². The monoisotopic (exact) mass is 259 g/mol. The van der Waals surface area contributed by atoms with Crippen LogP contribution in [0.15, 0.2) is 18.2 Å². The van der Waals surface area contributed by atoms with Crippen LogP contribution in [0.25, 0.3) is 11.0 Å². The van der Waals surface area contributed by atoms with Crippen molar-refractivity contribution in [1.82, 2.24) is 9.97 Å². The van der Waals surface area contributed by atoms with Crippen LogP contribution in [-0.2, 0) is 11.8 Å². The summed E-state index contributed by atoms with van der Waals surface area (Å²) in [7, 11) is 0. The van der Waals surface area contributed by atoms with Gasteiger partial charge >= 0.3 is 0 Å². The molecule has 104 valence electrons. The lowest BCUT2D eigenvalue weighted by molar-refractivity contribution is 0.377. The molecule has 1 aromatic carbocycles. The Morgan fingerprint density at radius 2 is 1.84 bits per heavy atom. The van der Waals surface area contributed by atoms with E-state index in [9.17, 15) is 0 Å². The quantitative estimate of drug-likeness (QED) is 0.887. The van der Waals surface area contributed by atoms with E-state index in [1.54, 1.807) is 0 Å². The first kappa shape index (κ1) is 14.1. The molecule has 0 amide bonds. The van der Waals surface area contributed by atoms with Crippen LogP contribution in [0.5, 0.6) is 0 Å². The molecule has 3 nitrogen and oxygen atoms in total. The standard InChI is InChI=1S/C16H25N3/c1-15(2,3)14-18-12-7-6-11(8-13(12)19-14)9-16(4,5)10-17/h6-8H,9-10,17H2,1-5H3,(H,18,19). The van der Waals surface area contributed by atoms with Crippen molar-refractivity contribution in [3.8, 4) is 0 Å². The molecule has 0 radical (unpaired) electrons. The maximum absolute atomic E-state index is 5.81. The third-order valence-corrected chi connectivity index (χ3v) is 3.49. The van der Waals surface area contributed by atoms with Gasteiger partial charge < -0.3 is 10.7 Å². The maximum atomic E-state index is 5.81. The van der Waals surface area contributed by atoms with Gasteiger partial charge in [0.15, 0.2) is 0 Å². The molecular weight excluding hydrogens is 234 g/mol. The number of nitrogens with two attached hydrogens (primary N) is 1. The largest absolute Gasteiger partial charge is 0.342 e. The topological polar surface area (TPSA) is 54.7 Å². The van der Waals surface area contributed by atoms with Gasteiger partial charge in [-0.3, -0.25) is 0 Å². The fraction of sp³-hybridized carbons (Fsp3) is 0.562. The third-order valence-electron chi connectivity index (χ3n) is 3.49. The van der Waals surface area contributed by atoms with Crippen molar-refractivity contribution in [2.45, 2.75) is 46.5 Å². The zero-order valence-electron chi connectivity index (χ0n) is 12.7. The molecule has 0 aliphatic heterocycles. The second-order valence-electron chi connectivity index (χ2n) is 7.23. The normalized spacial score (nSPS) is 13.2. The van der Waals surface area contributed by atoms with Crippen molar-refractivity contribution in [3.05, 3.63) is 29.6 Å². The van der Waals surface area contributed by atoms with Gasteiger partial charge in [0.05, 0.1) is 11.0 Å². The van der Waals surface area contributed by atoms with E-state index in [0.29, 0.717) is 6.54 Å². The van der Waals surface area contributed by atoms with Crippen molar-refractivity contribution in [2.75, 3.05) is 6.54 Å². The second-order valence-corrected chi connectivity index (χ2v) is 7.23. The fourth-order valence-corrected chi connectivity index (χ4v) is 2.15. The zero-order chi connectivity index (χ0) is 14.3. The summed E-state index contributed by atoms with van der Waals surface area (Å²) in [5, 5.41) is 0. The first-order valence-corrected chi connectivity index (χ1v) is 6.90. The number of nitrogens with zero attached hydrogens (tertiary/aromatic N) is 1. The summed E-state index contributed by atoms with van der Waals surface area (Å²) in [6.45, 7) is 11.6. The van der Waals surface area contributed by atoms with Crippen LogP contribution in [0.3, 0.4) is 0 Å². The van der Waals surface area contributed by atoms with Gasteiger partial charge in [0.2, 0.25) is 0 Å². The summed E-state index contributed by atoms with van der Waals surface area (Å²) in [5.74, 6) is 1.04. The zero-order valence-corrected chi connectivity index (χ0v) is 12.7. The number of nitrogens with one attached hydrogen (secondary N) is 1. The van der Waals surface area contributed by atoms with E-state index in [0.717, 1.165) is 23.3 Å². The van der Waals surface area contributed by atoms with Crippen molar-refractivity contribution in [3.63, 3.8) is 0 Å². The molecule has 0 saturated heterocycles. The summed E-state index contributed by atoms with van der Waals surface area (Å²) in [6.07, 6.45) is 0.989. The molecule has 0 saturated carbocycles. The van der Waals surface area contributed by atoms with E-state index in [2.05, 4.69) is 62.8 Å². The van der Waals surface area contributed by atoms with Crippen LogP contribution < -0.4 is 5.73 Å². The minimum atomic E-state index is 0.0513. The molecule has 0 bridgehead atoms. The summed E-state index contributed by atoms with van der Waals surface area (Å²) >= 11 is 0. The molecule has 0 aliphatic carbocycles.